The van der Waals surface area contributed by atoms with Gasteiger partial charge in [-0.3, -0.25) is 0 Å². The van der Waals surface area contributed by atoms with Crippen LogP contribution in [0.2, 0.25) is 18.1 Å². The van der Waals surface area contributed by atoms with Gasteiger partial charge in [0.2, 0.25) is 0 Å². The van der Waals surface area contributed by atoms with E-state index in [1.807, 2.05) is 18.2 Å². The molecule has 1 aliphatic heterocycles. The van der Waals surface area contributed by atoms with E-state index < -0.39 is 20.4 Å². The Morgan fingerprint density at radius 1 is 0.839 bits per heavy atom. The molecular formula is C28H30F2Si. The monoisotopic (exact) mass is 432 g/mol. The van der Waals surface area contributed by atoms with Gasteiger partial charge in [0.15, 0.2) is 11.6 Å². The number of halogens is 2. The molecule has 0 nitrogen and oxygen atoms in total. The second-order valence-electron chi connectivity index (χ2n) is 8.66. The molecule has 4 rings (SSSR count). The Hall–Kier alpha value is -2.52. The molecule has 160 valence electrons. The van der Waals surface area contributed by atoms with E-state index in [0.29, 0.717) is 5.92 Å². The predicted molar refractivity (Wildman–Crippen MR) is 130 cm³/mol. The van der Waals surface area contributed by atoms with Gasteiger partial charge in [-0.05, 0) is 72.1 Å². The third-order valence-corrected chi connectivity index (χ3v) is 10.1. The summed E-state index contributed by atoms with van der Waals surface area (Å²) >= 11 is 0. The van der Waals surface area contributed by atoms with Gasteiger partial charge in [-0.15, -0.1) is 0 Å². The highest BCUT2D eigenvalue weighted by Gasteiger charge is 2.24. The van der Waals surface area contributed by atoms with Crippen molar-refractivity contribution in [2.75, 3.05) is 0 Å². The summed E-state index contributed by atoms with van der Waals surface area (Å²) < 4.78 is 27.6. The van der Waals surface area contributed by atoms with Crippen molar-refractivity contribution < 1.29 is 8.78 Å². The lowest BCUT2D eigenvalue weighted by atomic mass is 9.87. The summed E-state index contributed by atoms with van der Waals surface area (Å²) in [6.45, 7) is 2.10. The van der Waals surface area contributed by atoms with Gasteiger partial charge in [-0.2, -0.15) is 0 Å². The molecule has 0 amide bonds. The first kappa shape index (κ1) is 21.7. The zero-order valence-electron chi connectivity index (χ0n) is 18.2. The topological polar surface area (TPSA) is 0 Å². The fourth-order valence-electron chi connectivity index (χ4n) is 4.87. The normalized spacial score (nSPS) is 19.1. The van der Waals surface area contributed by atoms with E-state index in [1.165, 1.54) is 55.1 Å². The van der Waals surface area contributed by atoms with Crippen molar-refractivity contribution in [2.24, 2.45) is 0 Å². The molecule has 0 radical (unpaired) electrons. The van der Waals surface area contributed by atoms with Gasteiger partial charge in [-0.25, -0.2) is 8.78 Å². The zero-order chi connectivity index (χ0) is 21.6. The highest BCUT2D eigenvalue weighted by Crippen LogP contribution is 2.40. The van der Waals surface area contributed by atoms with Crippen LogP contribution in [-0.2, 0) is 0 Å². The minimum Gasteiger partial charge on any atom is -0.204 e. The van der Waals surface area contributed by atoms with Gasteiger partial charge in [0.25, 0.3) is 0 Å². The van der Waals surface area contributed by atoms with Crippen molar-refractivity contribution in [3.8, 4) is 22.3 Å². The quantitative estimate of drug-likeness (QED) is 0.271. The van der Waals surface area contributed by atoms with Crippen LogP contribution in [0.25, 0.3) is 22.3 Å². The predicted octanol–water partition coefficient (Wildman–Crippen LogP) is 8.37. The molecule has 0 bridgehead atoms. The Labute approximate surface area is 186 Å². The molecule has 0 spiro atoms. The lowest BCUT2D eigenvalue weighted by Gasteiger charge is -2.28. The van der Waals surface area contributed by atoms with Gasteiger partial charge < -0.3 is 0 Å². The average Bonchev–Trinajstić information content (AvgIpc) is 2.82. The summed E-state index contributed by atoms with van der Waals surface area (Å²) in [6.07, 6.45) is 8.22. The summed E-state index contributed by atoms with van der Waals surface area (Å²) in [6, 6.07) is 25.3. The molecule has 31 heavy (non-hydrogen) atoms. The van der Waals surface area contributed by atoms with Crippen molar-refractivity contribution in [2.45, 2.75) is 50.2 Å². The SMILES string of the molecule is C/C=C/CC[SiH]1CCC(c2ccc(-c3ccccc3)c(-c3ccc(F)c(F)c3)c2)CC1. The molecule has 3 aromatic carbocycles. The summed E-state index contributed by atoms with van der Waals surface area (Å²) in [4.78, 5) is 0. The van der Waals surface area contributed by atoms with E-state index >= 15 is 0 Å². The lowest BCUT2D eigenvalue weighted by molar-refractivity contribution is 0.509. The Kier molecular flexibility index (Phi) is 7.13. The van der Waals surface area contributed by atoms with E-state index in [4.69, 9.17) is 0 Å². The number of allylic oxidation sites excluding steroid dienone is 2. The molecule has 0 saturated carbocycles. The van der Waals surface area contributed by atoms with Gasteiger partial charge in [0.1, 0.15) is 0 Å². The zero-order valence-corrected chi connectivity index (χ0v) is 19.3. The van der Waals surface area contributed by atoms with Gasteiger partial charge in [0.05, 0.1) is 0 Å². The standard InChI is InChI=1S/C28H30F2Si/c1-2-3-7-16-31-17-14-21(15-18-31)23-10-12-25(22-8-5-4-6-9-22)26(19-23)24-11-13-27(29)28(30)20-24/h2-6,8-13,19-21,31H,7,14-18H2,1H3/b3-2+. The maximum atomic E-state index is 14.0. The Bertz CT molecular complexity index is 1030. The first-order chi connectivity index (χ1) is 15.2. The Morgan fingerprint density at radius 3 is 2.32 bits per heavy atom. The minimum absolute atomic E-state index is 0.569. The van der Waals surface area contributed by atoms with Crippen LogP contribution in [0.3, 0.4) is 0 Å². The Morgan fingerprint density at radius 2 is 1.61 bits per heavy atom. The first-order valence-electron chi connectivity index (χ1n) is 11.4. The summed E-state index contributed by atoms with van der Waals surface area (Å²) in [5.74, 6) is -1.03. The summed E-state index contributed by atoms with van der Waals surface area (Å²) in [7, 11) is -0.605. The average molecular weight is 433 g/mol. The first-order valence-corrected chi connectivity index (χ1v) is 13.9. The van der Waals surface area contributed by atoms with Gasteiger partial charge in [0, 0.05) is 8.80 Å². The van der Waals surface area contributed by atoms with E-state index in [0.717, 1.165) is 22.3 Å². The maximum Gasteiger partial charge on any atom is 0.159 e. The second-order valence-corrected chi connectivity index (χ2v) is 12.1. The minimum atomic E-state index is -0.803. The third-order valence-electron chi connectivity index (χ3n) is 6.65. The smallest absolute Gasteiger partial charge is 0.159 e. The molecule has 0 atom stereocenters. The highest BCUT2D eigenvalue weighted by molar-refractivity contribution is 6.59. The van der Waals surface area contributed by atoms with Crippen molar-refractivity contribution in [3.63, 3.8) is 0 Å². The lowest BCUT2D eigenvalue weighted by Crippen LogP contribution is -2.20. The van der Waals surface area contributed by atoms with E-state index in [9.17, 15) is 8.78 Å². The molecule has 1 heterocycles. The Balaban J connectivity index is 1.63. The fraction of sp³-hybridized carbons (Fsp3) is 0.286. The van der Waals surface area contributed by atoms with Crippen LogP contribution in [0, 0.1) is 11.6 Å². The molecule has 1 saturated heterocycles. The molecule has 3 aromatic rings. The third kappa shape index (κ3) is 5.22. The van der Waals surface area contributed by atoms with Crippen molar-refractivity contribution in [3.05, 3.63) is 96.1 Å². The van der Waals surface area contributed by atoms with Crippen molar-refractivity contribution >= 4 is 8.80 Å². The second kappa shape index (κ2) is 10.2. The number of benzene rings is 3. The van der Waals surface area contributed by atoms with Crippen LogP contribution in [-0.4, -0.2) is 8.80 Å². The number of hydrogen-bond acceptors (Lipinski definition) is 0. The number of hydrogen-bond donors (Lipinski definition) is 0. The maximum absolute atomic E-state index is 14.0. The van der Waals surface area contributed by atoms with Crippen molar-refractivity contribution in [1.82, 2.24) is 0 Å². The fourth-order valence-corrected chi connectivity index (χ4v) is 8.15. The largest absolute Gasteiger partial charge is 0.204 e. The highest BCUT2D eigenvalue weighted by atomic mass is 28.3. The molecule has 0 unspecified atom stereocenters. The van der Waals surface area contributed by atoms with Crippen LogP contribution in [0.4, 0.5) is 8.78 Å². The summed E-state index contributed by atoms with van der Waals surface area (Å²) in [5, 5.41) is 0. The molecule has 3 heteroatoms. The van der Waals surface area contributed by atoms with Gasteiger partial charge >= 0.3 is 0 Å². The van der Waals surface area contributed by atoms with Gasteiger partial charge in [-0.1, -0.05) is 84.9 Å². The molecule has 1 fully saturated rings. The van der Waals surface area contributed by atoms with E-state index in [1.54, 1.807) is 6.07 Å². The number of rotatable bonds is 6. The molecule has 0 aromatic heterocycles. The molecule has 0 aliphatic carbocycles. The van der Waals surface area contributed by atoms with E-state index in [2.05, 4.69) is 49.4 Å². The molecular weight excluding hydrogens is 402 g/mol. The van der Waals surface area contributed by atoms with Crippen LogP contribution < -0.4 is 0 Å². The molecule has 0 N–H and O–H groups in total. The van der Waals surface area contributed by atoms with Crippen LogP contribution >= 0.6 is 0 Å². The van der Waals surface area contributed by atoms with E-state index in [-0.39, 0.29) is 0 Å². The molecule has 1 aliphatic rings. The van der Waals surface area contributed by atoms with Crippen LogP contribution in [0.15, 0.2) is 78.9 Å². The van der Waals surface area contributed by atoms with Crippen LogP contribution in [0.5, 0.6) is 0 Å². The van der Waals surface area contributed by atoms with Crippen molar-refractivity contribution in [1.29, 1.82) is 0 Å². The van der Waals surface area contributed by atoms with Crippen LogP contribution in [0.1, 0.15) is 37.7 Å². The summed E-state index contributed by atoms with van der Waals surface area (Å²) in [5.41, 5.74) is 5.20.